The fraction of sp³-hybridized carbons (Fsp3) is 0.200. The fourth-order valence-corrected chi connectivity index (χ4v) is 3.82. The summed E-state index contributed by atoms with van der Waals surface area (Å²) in [7, 11) is -2.31. The summed E-state index contributed by atoms with van der Waals surface area (Å²) in [6, 6.07) is 8.00. The van der Waals surface area contributed by atoms with Gasteiger partial charge in [-0.2, -0.15) is 0 Å². The molecular weight excluding hydrogens is 345 g/mol. The van der Waals surface area contributed by atoms with Crippen LogP contribution in [0.2, 0.25) is 10.0 Å². The molecule has 4 nitrogen and oxygen atoms in total. The van der Waals surface area contributed by atoms with Crippen LogP contribution >= 0.6 is 23.2 Å². The lowest BCUT2D eigenvalue weighted by Crippen LogP contribution is -2.15. The largest absolute Gasteiger partial charge is 0.496 e. The summed E-state index contributed by atoms with van der Waals surface area (Å²) in [5, 5.41) is 0.435. The lowest BCUT2D eigenvalue weighted by molar-refractivity contribution is 0.410. The Kier molecular flexibility index (Phi) is 4.90. The highest BCUT2D eigenvalue weighted by molar-refractivity contribution is 7.92. The highest BCUT2D eigenvalue weighted by atomic mass is 35.5. The van der Waals surface area contributed by atoms with Gasteiger partial charge >= 0.3 is 0 Å². The van der Waals surface area contributed by atoms with Crippen molar-refractivity contribution in [2.45, 2.75) is 18.7 Å². The number of rotatable bonds is 4. The Hall–Kier alpha value is -1.43. The van der Waals surface area contributed by atoms with Crippen LogP contribution in [0.5, 0.6) is 5.75 Å². The normalized spacial score (nSPS) is 11.3. The minimum absolute atomic E-state index is 0.131. The zero-order valence-electron chi connectivity index (χ0n) is 12.3. The predicted octanol–water partition coefficient (Wildman–Crippen LogP) is 4.42. The van der Waals surface area contributed by atoms with Gasteiger partial charge in [0.15, 0.2) is 0 Å². The van der Waals surface area contributed by atoms with E-state index in [9.17, 15) is 8.42 Å². The number of benzene rings is 2. The van der Waals surface area contributed by atoms with E-state index in [0.717, 1.165) is 5.56 Å². The van der Waals surface area contributed by atoms with Gasteiger partial charge in [0.1, 0.15) is 5.75 Å². The van der Waals surface area contributed by atoms with E-state index in [1.165, 1.54) is 13.2 Å². The van der Waals surface area contributed by atoms with Crippen molar-refractivity contribution < 1.29 is 13.2 Å². The molecule has 22 heavy (non-hydrogen) atoms. The lowest BCUT2D eigenvalue weighted by atomic mass is 10.1. The van der Waals surface area contributed by atoms with E-state index < -0.39 is 10.0 Å². The number of hydrogen-bond donors (Lipinski definition) is 1. The minimum Gasteiger partial charge on any atom is -0.496 e. The van der Waals surface area contributed by atoms with Crippen LogP contribution in [0.3, 0.4) is 0 Å². The Balaban J connectivity index is 2.49. The summed E-state index contributed by atoms with van der Waals surface area (Å²) >= 11 is 11.9. The van der Waals surface area contributed by atoms with Gasteiger partial charge in [-0.1, -0.05) is 35.3 Å². The van der Waals surface area contributed by atoms with Crippen LogP contribution < -0.4 is 9.46 Å². The maximum atomic E-state index is 12.6. The number of ether oxygens (including phenoxy) is 1. The Morgan fingerprint density at radius 3 is 2.41 bits per heavy atom. The maximum Gasteiger partial charge on any atom is 0.262 e. The van der Waals surface area contributed by atoms with Gasteiger partial charge < -0.3 is 4.74 Å². The van der Waals surface area contributed by atoms with E-state index >= 15 is 0 Å². The molecule has 2 aromatic rings. The van der Waals surface area contributed by atoms with Crippen LogP contribution in [-0.2, 0) is 10.0 Å². The average Bonchev–Trinajstić information content (AvgIpc) is 2.43. The summed E-state index contributed by atoms with van der Waals surface area (Å²) in [5.41, 5.74) is 1.71. The van der Waals surface area contributed by atoms with Gasteiger partial charge in [-0.05, 0) is 37.1 Å². The smallest absolute Gasteiger partial charge is 0.262 e. The Morgan fingerprint density at radius 1 is 1.09 bits per heavy atom. The van der Waals surface area contributed by atoms with Crippen molar-refractivity contribution in [2.24, 2.45) is 0 Å². The van der Waals surface area contributed by atoms with Gasteiger partial charge in [-0.3, -0.25) is 4.72 Å². The number of methoxy groups -OCH3 is 1. The van der Waals surface area contributed by atoms with Crippen LogP contribution in [-0.4, -0.2) is 15.5 Å². The molecule has 0 aliphatic carbocycles. The quantitative estimate of drug-likeness (QED) is 0.878. The molecule has 0 aromatic heterocycles. The molecule has 0 amide bonds. The Labute approximate surface area is 140 Å². The van der Waals surface area contributed by atoms with Crippen LogP contribution in [0.15, 0.2) is 35.2 Å². The molecule has 0 fully saturated rings. The lowest BCUT2D eigenvalue weighted by Gasteiger charge is -2.14. The van der Waals surface area contributed by atoms with Crippen molar-refractivity contribution in [2.75, 3.05) is 11.8 Å². The Morgan fingerprint density at radius 2 is 1.77 bits per heavy atom. The number of nitrogens with one attached hydrogen (secondary N) is 1. The molecule has 0 atom stereocenters. The molecule has 0 spiro atoms. The van der Waals surface area contributed by atoms with Crippen LogP contribution in [0.1, 0.15) is 11.1 Å². The SMILES string of the molecule is COc1cc(S(=O)(=O)Nc2cccc(Cl)c2Cl)c(C)cc1C. The minimum atomic E-state index is -3.81. The molecule has 0 saturated heterocycles. The summed E-state index contributed by atoms with van der Waals surface area (Å²) < 4.78 is 32.8. The molecule has 2 aromatic carbocycles. The van der Waals surface area contributed by atoms with E-state index in [1.54, 1.807) is 31.2 Å². The molecule has 0 heterocycles. The second-order valence-corrected chi connectivity index (χ2v) is 7.23. The third-order valence-corrected chi connectivity index (χ3v) is 5.50. The van der Waals surface area contributed by atoms with Crippen molar-refractivity contribution in [3.63, 3.8) is 0 Å². The summed E-state index contributed by atoms with van der Waals surface area (Å²) in [6.45, 7) is 3.57. The molecule has 0 aliphatic rings. The Bertz CT molecular complexity index is 820. The molecule has 0 bridgehead atoms. The van der Waals surface area contributed by atoms with Gasteiger partial charge in [0.25, 0.3) is 10.0 Å². The molecule has 1 N–H and O–H groups in total. The van der Waals surface area contributed by atoms with E-state index in [4.69, 9.17) is 27.9 Å². The second-order valence-electron chi connectivity index (χ2n) is 4.79. The molecule has 0 radical (unpaired) electrons. The molecular formula is C15H15Cl2NO3S. The number of hydrogen-bond acceptors (Lipinski definition) is 3. The van der Waals surface area contributed by atoms with Crippen LogP contribution in [0.25, 0.3) is 0 Å². The summed E-state index contributed by atoms with van der Waals surface area (Å²) in [6.07, 6.45) is 0. The maximum absolute atomic E-state index is 12.6. The van der Waals surface area contributed by atoms with Crippen molar-refractivity contribution >= 4 is 38.9 Å². The molecule has 7 heteroatoms. The van der Waals surface area contributed by atoms with E-state index in [0.29, 0.717) is 11.3 Å². The highest BCUT2D eigenvalue weighted by Crippen LogP contribution is 2.32. The first kappa shape index (κ1) is 16.9. The topological polar surface area (TPSA) is 55.4 Å². The van der Waals surface area contributed by atoms with Gasteiger partial charge in [0.2, 0.25) is 0 Å². The first-order valence-corrected chi connectivity index (χ1v) is 8.62. The number of sulfonamides is 1. The van der Waals surface area contributed by atoms with E-state index in [1.807, 2.05) is 6.92 Å². The van der Waals surface area contributed by atoms with Crippen molar-refractivity contribution in [3.05, 3.63) is 51.5 Å². The van der Waals surface area contributed by atoms with Gasteiger partial charge in [0, 0.05) is 6.07 Å². The van der Waals surface area contributed by atoms with Gasteiger partial charge in [-0.25, -0.2) is 8.42 Å². The third kappa shape index (κ3) is 3.32. The number of halogens is 2. The molecule has 2 rings (SSSR count). The fourth-order valence-electron chi connectivity index (χ4n) is 2.11. The van der Waals surface area contributed by atoms with Crippen LogP contribution in [0, 0.1) is 13.8 Å². The molecule has 0 saturated carbocycles. The van der Waals surface area contributed by atoms with Gasteiger partial charge in [0.05, 0.1) is 27.7 Å². The first-order valence-electron chi connectivity index (χ1n) is 6.38. The standard InChI is InChI=1S/C15H15Cl2NO3S/c1-9-7-10(2)14(8-13(9)21-3)22(19,20)18-12-6-4-5-11(16)15(12)17/h4-8,18H,1-3H3. The predicted molar refractivity (Wildman–Crippen MR) is 89.7 cm³/mol. The zero-order valence-corrected chi connectivity index (χ0v) is 14.6. The van der Waals surface area contributed by atoms with Gasteiger partial charge in [-0.15, -0.1) is 0 Å². The first-order chi connectivity index (χ1) is 10.3. The molecule has 0 aliphatic heterocycles. The van der Waals surface area contributed by atoms with Crippen LogP contribution in [0.4, 0.5) is 5.69 Å². The van der Waals surface area contributed by atoms with Crippen molar-refractivity contribution in [1.82, 2.24) is 0 Å². The van der Waals surface area contributed by atoms with E-state index in [-0.39, 0.29) is 20.6 Å². The van der Waals surface area contributed by atoms with Crippen molar-refractivity contribution in [3.8, 4) is 5.75 Å². The summed E-state index contributed by atoms with van der Waals surface area (Å²) in [4.78, 5) is 0.131. The zero-order chi connectivity index (χ0) is 16.5. The average molecular weight is 360 g/mol. The summed E-state index contributed by atoms with van der Waals surface area (Å²) in [5.74, 6) is 0.503. The highest BCUT2D eigenvalue weighted by Gasteiger charge is 2.20. The number of aryl methyl sites for hydroxylation is 2. The molecule has 118 valence electrons. The third-order valence-electron chi connectivity index (χ3n) is 3.18. The second kappa shape index (κ2) is 6.36. The van der Waals surface area contributed by atoms with Crippen molar-refractivity contribution in [1.29, 1.82) is 0 Å². The van der Waals surface area contributed by atoms with E-state index in [2.05, 4.69) is 4.72 Å². The monoisotopic (exact) mass is 359 g/mol. The number of anilines is 1. The molecule has 0 unspecified atom stereocenters.